The average molecular weight is 591 g/mol. The lowest BCUT2D eigenvalue weighted by molar-refractivity contribution is -0.137. The molecule has 0 saturated heterocycles. The van der Waals surface area contributed by atoms with Gasteiger partial charge in [0, 0.05) is 23.9 Å². The van der Waals surface area contributed by atoms with Gasteiger partial charge in [0.25, 0.3) is 0 Å². The van der Waals surface area contributed by atoms with Crippen molar-refractivity contribution in [2.45, 2.75) is 18.8 Å². The molecule has 0 aromatic heterocycles. The zero-order valence-electron chi connectivity index (χ0n) is 23.8. The summed E-state index contributed by atoms with van der Waals surface area (Å²) in [6, 6.07) is 29.9. The molecule has 0 heterocycles. The Morgan fingerprint density at radius 1 is 0.837 bits per heavy atom. The zero-order valence-corrected chi connectivity index (χ0v) is 23.8. The van der Waals surface area contributed by atoms with Crippen LogP contribution in [0.3, 0.4) is 0 Å². The number of rotatable bonds is 12. The number of anilines is 1. The molecule has 0 aliphatic rings. The van der Waals surface area contributed by atoms with Crippen molar-refractivity contribution >= 4 is 11.4 Å². The molecule has 4 aromatic carbocycles. The molecule has 0 aliphatic heterocycles. The molecule has 224 valence electrons. The molecule has 0 spiro atoms. The molecule has 0 fully saturated rings. The van der Waals surface area contributed by atoms with Gasteiger partial charge in [0.05, 0.1) is 24.4 Å². The number of benzene rings is 4. The van der Waals surface area contributed by atoms with E-state index in [0.29, 0.717) is 28.3 Å². The molecule has 2 N–H and O–H groups in total. The lowest BCUT2D eigenvalue weighted by Crippen LogP contribution is -2.31. The molecular weight excluding hydrogens is 557 g/mol. The molecular formula is C34H33F3N2O4. The Morgan fingerprint density at radius 3 is 1.98 bits per heavy atom. The highest BCUT2D eigenvalue weighted by atomic mass is 19.4. The van der Waals surface area contributed by atoms with Crippen molar-refractivity contribution in [3.63, 3.8) is 0 Å². The first-order valence-corrected chi connectivity index (χ1v) is 13.5. The van der Waals surface area contributed by atoms with Gasteiger partial charge in [-0.25, -0.2) is 0 Å². The largest absolute Gasteiger partial charge is 0.497 e. The minimum Gasteiger partial charge on any atom is -0.497 e. The Kier molecular flexibility index (Phi) is 10.6. The van der Waals surface area contributed by atoms with Crippen LogP contribution < -0.4 is 9.64 Å². The molecule has 0 bridgehead atoms. The van der Waals surface area contributed by atoms with Gasteiger partial charge < -0.3 is 24.6 Å². The molecule has 1 atom stereocenters. The van der Waals surface area contributed by atoms with E-state index in [1.165, 1.54) is 12.1 Å². The second-order valence-corrected chi connectivity index (χ2v) is 9.61. The molecule has 1 unspecified atom stereocenters. The van der Waals surface area contributed by atoms with Crippen molar-refractivity contribution < 1.29 is 32.9 Å². The number of ether oxygens (including phenoxy) is 2. The standard InChI is InChI=1S/C34H33F3N2O4/c1-39(28-17-15-27(16-18-28)34(35,36)37)33(26-11-7-4-8-12-26)31(30(21-40)43-22-24-9-5-3-6-10-24)32(38-23-41)25-13-19-29(42-2)20-14-25/h3-20,33,40-41H,21-23H2,1-2H3/b31-30+,38-32-. The summed E-state index contributed by atoms with van der Waals surface area (Å²) in [5, 5.41) is 20.8. The molecule has 0 radical (unpaired) electrons. The summed E-state index contributed by atoms with van der Waals surface area (Å²) in [6.07, 6.45) is -4.48. The summed E-state index contributed by atoms with van der Waals surface area (Å²) in [5.41, 5.74) is 2.73. The summed E-state index contributed by atoms with van der Waals surface area (Å²) in [6.45, 7) is -0.929. The quantitative estimate of drug-likeness (QED) is 0.140. The maximum atomic E-state index is 13.4. The van der Waals surface area contributed by atoms with Gasteiger partial charge in [-0.3, -0.25) is 4.99 Å². The first kappa shape index (κ1) is 31.3. The third-order valence-electron chi connectivity index (χ3n) is 6.93. The third-order valence-corrected chi connectivity index (χ3v) is 6.93. The maximum absolute atomic E-state index is 13.4. The summed E-state index contributed by atoms with van der Waals surface area (Å²) in [5.74, 6) is 0.807. The minimum absolute atomic E-state index is 0.140. The van der Waals surface area contributed by atoms with Gasteiger partial charge in [-0.2, -0.15) is 13.2 Å². The van der Waals surface area contributed by atoms with Crippen LogP contribution in [0.15, 0.2) is 126 Å². The van der Waals surface area contributed by atoms with Gasteiger partial charge in [0.15, 0.2) is 0 Å². The monoisotopic (exact) mass is 590 g/mol. The number of aliphatic imine (C=N–C) groups is 1. The summed E-state index contributed by atoms with van der Waals surface area (Å²) >= 11 is 0. The van der Waals surface area contributed by atoms with Crippen molar-refractivity contribution in [3.05, 3.63) is 143 Å². The van der Waals surface area contributed by atoms with Crippen LogP contribution >= 0.6 is 0 Å². The minimum atomic E-state index is -4.48. The van der Waals surface area contributed by atoms with Crippen LogP contribution in [0.5, 0.6) is 5.75 Å². The lowest BCUT2D eigenvalue weighted by atomic mass is 9.88. The number of nitrogens with zero attached hydrogens (tertiary/aromatic N) is 2. The highest BCUT2D eigenvalue weighted by molar-refractivity contribution is 6.14. The number of hydrogen-bond donors (Lipinski definition) is 2. The number of likely N-dealkylation sites (N-methyl/N-ethyl adjacent to an activating group) is 1. The average Bonchev–Trinajstić information content (AvgIpc) is 3.04. The number of aliphatic hydroxyl groups is 2. The first-order valence-electron chi connectivity index (χ1n) is 13.5. The molecule has 9 heteroatoms. The van der Waals surface area contributed by atoms with E-state index >= 15 is 0 Å². The Bertz CT molecular complexity index is 1510. The Morgan fingerprint density at radius 2 is 1.44 bits per heavy atom. The summed E-state index contributed by atoms with van der Waals surface area (Å²) in [7, 11) is 3.30. The predicted octanol–water partition coefficient (Wildman–Crippen LogP) is 6.79. The molecule has 0 aliphatic carbocycles. The fourth-order valence-corrected chi connectivity index (χ4v) is 4.77. The molecule has 43 heavy (non-hydrogen) atoms. The van der Waals surface area contributed by atoms with Crippen molar-refractivity contribution in [2.24, 2.45) is 4.99 Å². The van der Waals surface area contributed by atoms with E-state index in [1.807, 2.05) is 60.7 Å². The van der Waals surface area contributed by atoms with Gasteiger partial charge in [0.2, 0.25) is 0 Å². The van der Waals surface area contributed by atoms with E-state index in [0.717, 1.165) is 23.3 Å². The maximum Gasteiger partial charge on any atom is 0.416 e. The smallest absolute Gasteiger partial charge is 0.416 e. The molecule has 0 amide bonds. The highest BCUT2D eigenvalue weighted by Gasteiger charge is 2.33. The third kappa shape index (κ3) is 7.82. The van der Waals surface area contributed by atoms with Crippen LogP contribution in [0.4, 0.5) is 18.9 Å². The second-order valence-electron chi connectivity index (χ2n) is 9.61. The van der Waals surface area contributed by atoms with E-state index in [1.54, 1.807) is 43.3 Å². The predicted molar refractivity (Wildman–Crippen MR) is 161 cm³/mol. The normalized spacial score (nSPS) is 13.2. The van der Waals surface area contributed by atoms with Crippen LogP contribution in [0.2, 0.25) is 0 Å². The number of alkyl halides is 3. The van der Waals surface area contributed by atoms with E-state index in [-0.39, 0.29) is 12.4 Å². The van der Waals surface area contributed by atoms with Gasteiger partial charge >= 0.3 is 6.18 Å². The number of hydrogen-bond acceptors (Lipinski definition) is 6. The number of methoxy groups -OCH3 is 1. The Balaban J connectivity index is 1.94. The Labute approximate surface area is 249 Å². The molecule has 0 saturated carbocycles. The highest BCUT2D eigenvalue weighted by Crippen LogP contribution is 2.38. The van der Waals surface area contributed by atoms with E-state index < -0.39 is 31.1 Å². The van der Waals surface area contributed by atoms with Crippen LogP contribution in [-0.4, -0.2) is 43.4 Å². The van der Waals surface area contributed by atoms with E-state index in [4.69, 9.17) is 9.47 Å². The number of halogens is 3. The van der Waals surface area contributed by atoms with Gasteiger partial charge in [-0.05, 0) is 59.7 Å². The van der Waals surface area contributed by atoms with Crippen LogP contribution in [-0.2, 0) is 17.5 Å². The lowest BCUT2D eigenvalue weighted by Gasteiger charge is -2.34. The molecule has 6 nitrogen and oxygen atoms in total. The fraction of sp³-hybridized carbons (Fsp3) is 0.206. The van der Waals surface area contributed by atoms with Gasteiger partial charge in [-0.1, -0.05) is 60.7 Å². The van der Waals surface area contributed by atoms with Gasteiger partial charge in [-0.15, -0.1) is 0 Å². The van der Waals surface area contributed by atoms with Crippen molar-refractivity contribution in [3.8, 4) is 5.75 Å². The van der Waals surface area contributed by atoms with Gasteiger partial charge in [0.1, 0.15) is 31.5 Å². The van der Waals surface area contributed by atoms with Crippen molar-refractivity contribution in [1.82, 2.24) is 0 Å². The number of aliphatic hydroxyl groups excluding tert-OH is 2. The first-order chi connectivity index (χ1) is 20.8. The molecule has 4 rings (SSSR count). The Hall–Kier alpha value is -4.60. The summed E-state index contributed by atoms with van der Waals surface area (Å²) in [4.78, 5) is 6.24. The second kappa shape index (κ2) is 14.5. The van der Waals surface area contributed by atoms with Crippen molar-refractivity contribution in [2.75, 3.05) is 32.4 Å². The molecule has 4 aromatic rings. The van der Waals surface area contributed by atoms with E-state index in [9.17, 15) is 23.4 Å². The van der Waals surface area contributed by atoms with Crippen LogP contribution in [0, 0.1) is 0 Å². The van der Waals surface area contributed by atoms with Crippen LogP contribution in [0.25, 0.3) is 0 Å². The zero-order chi connectivity index (χ0) is 30.8. The SMILES string of the molecule is COc1ccc(C(=N/CO)/C(=C(/CO)OCc2ccccc2)C(c2ccccc2)N(C)c2ccc(C(F)(F)F)cc2)cc1. The van der Waals surface area contributed by atoms with Crippen LogP contribution in [0.1, 0.15) is 28.3 Å². The topological polar surface area (TPSA) is 74.5 Å². The van der Waals surface area contributed by atoms with E-state index in [2.05, 4.69) is 4.99 Å². The summed E-state index contributed by atoms with van der Waals surface area (Å²) < 4.78 is 51.7. The fourth-order valence-electron chi connectivity index (χ4n) is 4.77. The van der Waals surface area contributed by atoms with Crippen molar-refractivity contribution in [1.29, 1.82) is 0 Å².